The molecular formula is C17H17NO. The van der Waals surface area contributed by atoms with Crippen LogP contribution in [0.4, 0.5) is 5.69 Å². The second-order valence-electron chi connectivity index (χ2n) is 4.85. The Morgan fingerprint density at radius 2 is 1.95 bits per heavy atom. The Labute approximate surface area is 113 Å². The van der Waals surface area contributed by atoms with Crippen molar-refractivity contribution in [1.29, 1.82) is 0 Å². The molecule has 0 saturated carbocycles. The summed E-state index contributed by atoms with van der Waals surface area (Å²) in [6, 6.07) is 10.3. The minimum absolute atomic E-state index is 0.898. The van der Waals surface area contributed by atoms with E-state index < -0.39 is 0 Å². The summed E-state index contributed by atoms with van der Waals surface area (Å²) < 4.78 is 0. The maximum Gasteiger partial charge on any atom is 0.163 e. The highest BCUT2D eigenvalue weighted by Gasteiger charge is 2.21. The molecule has 96 valence electrons. The van der Waals surface area contributed by atoms with Gasteiger partial charge in [-0.05, 0) is 49.6 Å². The fourth-order valence-electron chi connectivity index (χ4n) is 2.54. The number of benzene rings is 2. The summed E-state index contributed by atoms with van der Waals surface area (Å²) in [5.41, 5.74) is 10.2. The van der Waals surface area contributed by atoms with E-state index in [0.717, 1.165) is 11.4 Å². The van der Waals surface area contributed by atoms with Crippen LogP contribution < -0.4 is 10.3 Å². The number of rotatable bonds is 1. The number of para-hydroxylation sites is 1. The largest absolute Gasteiger partial charge is 0.381 e. The molecule has 2 heteroatoms. The summed E-state index contributed by atoms with van der Waals surface area (Å²) in [5.74, 6) is 0.898. The predicted molar refractivity (Wildman–Crippen MR) is 80.3 cm³/mol. The number of hydrogen-bond acceptors (Lipinski definition) is 2. The zero-order valence-corrected chi connectivity index (χ0v) is 11.4. The average Bonchev–Trinajstić information content (AvgIpc) is 2.43. The van der Waals surface area contributed by atoms with Gasteiger partial charge in [-0.2, -0.15) is 0 Å². The van der Waals surface area contributed by atoms with Crippen molar-refractivity contribution in [3.63, 3.8) is 0 Å². The molecule has 3 rings (SSSR count). The average molecular weight is 251 g/mol. The zero-order valence-electron chi connectivity index (χ0n) is 11.4. The number of allylic oxidation sites excluding steroid dienone is 1. The van der Waals surface area contributed by atoms with Crippen LogP contribution in [0.5, 0.6) is 5.75 Å². The molecule has 2 aromatic carbocycles. The molecule has 0 fully saturated rings. The zero-order chi connectivity index (χ0) is 13.4. The quantitative estimate of drug-likeness (QED) is 0.791. The van der Waals surface area contributed by atoms with Crippen LogP contribution in [0.2, 0.25) is 0 Å². The van der Waals surface area contributed by atoms with Crippen molar-refractivity contribution in [3.8, 4) is 16.9 Å². The molecular weight excluding hydrogens is 234 g/mol. The summed E-state index contributed by atoms with van der Waals surface area (Å²) >= 11 is 0. The van der Waals surface area contributed by atoms with Gasteiger partial charge in [-0.15, -0.1) is 0 Å². The van der Waals surface area contributed by atoms with Gasteiger partial charge in [0.15, 0.2) is 5.75 Å². The molecule has 1 aliphatic heterocycles. The van der Waals surface area contributed by atoms with Crippen molar-refractivity contribution in [2.24, 2.45) is 0 Å². The maximum absolute atomic E-state index is 5.69. The van der Waals surface area contributed by atoms with Gasteiger partial charge in [-0.3, -0.25) is 0 Å². The summed E-state index contributed by atoms with van der Waals surface area (Å²) in [6.07, 6.45) is 4.24. The molecule has 2 aromatic rings. The van der Waals surface area contributed by atoms with Gasteiger partial charge in [-0.1, -0.05) is 30.4 Å². The summed E-state index contributed by atoms with van der Waals surface area (Å²) in [5, 5.41) is 0. The van der Waals surface area contributed by atoms with Crippen molar-refractivity contribution in [3.05, 3.63) is 53.1 Å². The summed E-state index contributed by atoms with van der Waals surface area (Å²) in [6.45, 7) is 6.32. The molecule has 0 bridgehead atoms. The van der Waals surface area contributed by atoms with Gasteiger partial charge in [0, 0.05) is 11.1 Å². The van der Waals surface area contributed by atoms with E-state index >= 15 is 0 Å². The molecule has 0 amide bonds. The first-order chi connectivity index (χ1) is 9.22. The van der Waals surface area contributed by atoms with Crippen molar-refractivity contribution >= 4 is 11.8 Å². The van der Waals surface area contributed by atoms with Crippen LogP contribution in [-0.2, 0) is 0 Å². The van der Waals surface area contributed by atoms with E-state index in [9.17, 15) is 0 Å². The molecule has 0 spiro atoms. The Morgan fingerprint density at radius 3 is 2.74 bits per heavy atom. The topological polar surface area (TPSA) is 21.3 Å². The van der Waals surface area contributed by atoms with Crippen molar-refractivity contribution in [2.75, 3.05) is 5.48 Å². The van der Waals surface area contributed by atoms with Gasteiger partial charge < -0.3 is 4.84 Å². The highest BCUT2D eigenvalue weighted by molar-refractivity contribution is 5.90. The van der Waals surface area contributed by atoms with Crippen LogP contribution in [0.3, 0.4) is 0 Å². The molecule has 0 saturated heterocycles. The molecule has 2 nitrogen and oxygen atoms in total. The van der Waals surface area contributed by atoms with Crippen molar-refractivity contribution in [1.82, 2.24) is 0 Å². The van der Waals surface area contributed by atoms with Crippen LogP contribution in [-0.4, -0.2) is 0 Å². The van der Waals surface area contributed by atoms with Crippen molar-refractivity contribution in [2.45, 2.75) is 20.8 Å². The van der Waals surface area contributed by atoms with E-state index in [-0.39, 0.29) is 0 Å². The van der Waals surface area contributed by atoms with Gasteiger partial charge in [0.2, 0.25) is 0 Å². The molecule has 1 N–H and O–H groups in total. The molecule has 0 atom stereocenters. The van der Waals surface area contributed by atoms with Crippen LogP contribution >= 0.6 is 0 Å². The number of fused-ring (bicyclic) bond motifs is 3. The van der Waals surface area contributed by atoms with Gasteiger partial charge in [-0.25, -0.2) is 5.48 Å². The normalized spacial score (nSPS) is 12.6. The highest BCUT2D eigenvalue weighted by atomic mass is 16.6. The van der Waals surface area contributed by atoms with E-state index in [1.54, 1.807) is 0 Å². The van der Waals surface area contributed by atoms with Gasteiger partial charge in [0.25, 0.3) is 0 Å². The maximum atomic E-state index is 5.69. The second kappa shape index (κ2) is 4.47. The fraction of sp³-hybridized carbons (Fsp3) is 0.176. The van der Waals surface area contributed by atoms with Crippen LogP contribution in [0, 0.1) is 13.8 Å². The molecule has 0 unspecified atom stereocenters. The number of nitrogens with one attached hydrogen (secondary N) is 1. The van der Waals surface area contributed by atoms with Gasteiger partial charge in [0.1, 0.15) is 0 Å². The second-order valence-corrected chi connectivity index (χ2v) is 4.85. The standard InChI is InChI=1S/C17H17NO/c1-4-7-13-12(3)11(2)10-16-17(13)14-8-5-6-9-15(14)18-19-16/h4-10,18H,1-3H3. The van der Waals surface area contributed by atoms with Crippen LogP contribution in [0.25, 0.3) is 17.2 Å². The first kappa shape index (κ1) is 11.8. The van der Waals surface area contributed by atoms with E-state index in [0.29, 0.717) is 0 Å². The summed E-state index contributed by atoms with van der Waals surface area (Å²) in [7, 11) is 0. The van der Waals surface area contributed by atoms with Crippen LogP contribution in [0.15, 0.2) is 36.4 Å². The fourth-order valence-corrected chi connectivity index (χ4v) is 2.54. The van der Waals surface area contributed by atoms with Gasteiger partial charge >= 0.3 is 0 Å². The lowest BCUT2D eigenvalue weighted by molar-refractivity contribution is 0.402. The Hall–Kier alpha value is -2.22. The minimum atomic E-state index is 0.898. The highest BCUT2D eigenvalue weighted by Crippen LogP contribution is 2.43. The van der Waals surface area contributed by atoms with Gasteiger partial charge in [0.05, 0.1) is 5.69 Å². The van der Waals surface area contributed by atoms with E-state index in [1.165, 1.54) is 27.8 Å². The van der Waals surface area contributed by atoms with E-state index in [1.807, 2.05) is 19.1 Å². The third-order valence-corrected chi connectivity index (χ3v) is 3.66. The summed E-state index contributed by atoms with van der Waals surface area (Å²) in [4.78, 5) is 5.69. The lowest BCUT2D eigenvalue weighted by atomic mass is 9.90. The Bertz CT molecular complexity index is 671. The first-order valence-electron chi connectivity index (χ1n) is 6.51. The molecule has 0 aromatic heterocycles. The Balaban J connectivity index is 2.37. The Morgan fingerprint density at radius 1 is 1.16 bits per heavy atom. The van der Waals surface area contributed by atoms with Crippen LogP contribution in [0.1, 0.15) is 23.6 Å². The van der Waals surface area contributed by atoms with E-state index in [2.05, 4.69) is 49.7 Å². The molecule has 0 radical (unpaired) electrons. The minimum Gasteiger partial charge on any atom is -0.381 e. The first-order valence-corrected chi connectivity index (χ1v) is 6.51. The smallest absolute Gasteiger partial charge is 0.163 e. The number of anilines is 1. The SMILES string of the molecule is CC=Cc1c(C)c(C)cc2c1-c1ccccc1NO2. The third kappa shape index (κ3) is 1.80. The van der Waals surface area contributed by atoms with E-state index in [4.69, 9.17) is 4.84 Å². The van der Waals surface area contributed by atoms with Crippen molar-refractivity contribution < 1.29 is 4.84 Å². The lowest BCUT2D eigenvalue weighted by Gasteiger charge is -2.25. The monoisotopic (exact) mass is 251 g/mol. The third-order valence-electron chi connectivity index (χ3n) is 3.66. The predicted octanol–water partition coefficient (Wildman–Crippen LogP) is 4.72. The number of hydrogen-bond donors (Lipinski definition) is 1. The molecule has 19 heavy (non-hydrogen) atoms. The lowest BCUT2D eigenvalue weighted by Crippen LogP contribution is -2.13. The Kier molecular flexibility index (Phi) is 2.79. The number of aryl methyl sites for hydroxylation is 1. The molecule has 1 heterocycles. The molecule has 0 aliphatic carbocycles. The molecule has 1 aliphatic rings.